The number of furan rings is 1. The minimum Gasteiger partial charge on any atom is -0.468 e. The van der Waals surface area contributed by atoms with Gasteiger partial charge in [0.15, 0.2) is 0 Å². The Morgan fingerprint density at radius 1 is 1.00 bits per heavy atom. The molecule has 0 spiro atoms. The molecular weight excluding hydrogens is 354 g/mol. The molecule has 3 aromatic rings. The Bertz CT molecular complexity index is 899. The number of urea groups is 1. The Kier molecular flexibility index (Phi) is 5.89. The maximum absolute atomic E-state index is 12.4. The highest BCUT2D eigenvalue weighted by molar-refractivity contribution is 5.86. The largest absolute Gasteiger partial charge is 0.468 e. The summed E-state index contributed by atoms with van der Waals surface area (Å²) in [4.78, 5) is 14.7. The fraction of sp³-hybridized carbons (Fsp3) is 0.318. The Labute approximate surface area is 164 Å². The number of nitrogens with one attached hydrogen (secondary N) is 2. The molecule has 1 aromatic heterocycles. The number of carbonyl (C=O) groups excluding carboxylic acids is 1. The van der Waals surface area contributed by atoms with E-state index in [1.807, 2.05) is 36.4 Å². The van der Waals surface area contributed by atoms with Gasteiger partial charge in [0.25, 0.3) is 0 Å². The summed E-state index contributed by atoms with van der Waals surface area (Å²) in [6, 6.07) is 18.0. The number of morpholine rings is 1. The molecule has 0 bridgehead atoms. The first-order valence-electron chi connectivity index (χ1n) is 9.65. The number of carbonyl (C=O) groups is 1. The van der Waals surface area contributed by atoms with Gasteiger partial charge in [0.1, 0.15) is 5.76 Å². The van der Waals surface area contributed by atoms with Gasteiger partial charge >= 0.3 is 6.03 Å². The highest BCUT2D eigenvalue weighted by Gasteiger charge is 2.25. The molecular formula is C22H25N3O3. The molecule has 1 saturated heterocycles. The second kappa shape index (κ2) is 8.91. The van der Waals surface area contributed by atoms with Crippen LogP contribution in [0, 0.1) is 0 Å². The molecule has 146 valence electrons. The molecule has 28 heavy (non-hydrogen) atoms. The molecule has 4 rings (SSSR count). The van der Waals surface area contributed by atoms with Gasteiger partial charge in [0.05, 0.1) is 25.5 Å². The number of nitrogens with zero attached hydrogens (tertiary/aromatic N) is 1. The highest BCUT2D eigenvalue weighted by Crippen LogP contribution is 2.22. The summed E-state index contributed by atoms with van der Waals surface area (Å²) in [5.74, 6) is 0.858. The maximum atomic E-state index is 12.4. The van der Waals surface area contributed by atoms with E-state index in [4.69, 9.17) is 9.15 Å². The van der Waals surface area contributed by atoms with E-state index in [1.165, 1.54) is 5.39 Å². The molecule has 2 amide bonds. The van der Waals surface area contributed by atoms with E-state index < -0.39 is 0 Å². The van der Waals surface area contributed by atoms with Crippen molar-refractivity contribution in [3.05, 3.63) is 72.2 Å². The molecule has 0 saturated carbocycles. The minimum absolute atomic E-state index is 0.00204. The van der Waals surface area contributed by atoms with Crippen molar-refractivity contribution in [3.8, 4) is 0 Å². The first kappa shape index (κ1) is 18.5. The van der Waals surface area contributed by atoms with Gasteiger partial charge in [-0.2, -0.15) is 0 Å². The number of amides is 2. The zero-order chi connectivity index (χ0) is 19.2. The van der Waals surface area contributed by atoms with E-state index in [1.54, 1.807) is 6.26 Å². The number of fused-ring (bicyclic) bond motifs is 1. The molecule has 2 aromatic carbocycles. The van der Waals surface area contributed by atoms with Crippen LogP contribution in [0.25, 0.3) is 10.8 Å². The number of hydrogen-bond acceptors (Lipinski definition) is 4. The summed E-state index contributed by atoms with van der Waals surface area (Å²) in [6.45, 7) is 4.01. The van der Waals surface area contributed by atoms with Gasteiger partial charge in [-0.25, -0.2) is 4.79 Å². The van der Waals surface area contributed by atoms with Crippen molar-refractivity contribution in [1.82, 2.24) is 15.5 Å². The molecule has 6 nitrogen and oxygen atoms in total. The average Bonchev–Trinajstić information content (AvgIpc) is 3.28. The van der Waals surface area contributed by atoms with Crippen LogP contribution in [0.4, 0.5) is 4.79 Å². The van der Waals surface area contributed by atoms with Gasteiger partial charge in [0.2, 0.25) is 0 Å². The van der Waals surface area contributed by atoms with Gasteiger partial charge in [0, 0.05) is 26.2 Å². The lowest BCUT2D eigenvalue weighted by Crippen LogP contribution is -2.45. The monoisotopic (exact) mass is 379 g/mol. The summed E-state index contributed by atoms with van der Waals surface area (Å²) in [5, 5.41) is 8.30. The predicted octanol–water partition coefficient (Wildman–Crippen LogP) is 3.31. The van der Waals surface area contributed by atoms with E-state index in [-0.39, 0.29) is 12.1 Å². The average molecular weight is 379 g/mol. The van der Waals surface area contributed by atoms with Crippen molar-refractivity contribution in [2.45, 2.75) is 12.6 Å². The van der Waals surface area contributed by atoms with Gasteiger partial charge in [-0.1, -0.05) is 42.5 Å². The molecule has 0 aliphatic carbocycles. The Morgan fingerprint density at radius 2 is 1.82 bits per heavy atom. The second-order valence-corrected chi connectivity index (χ2v) is 6.88. The SMILES string of the molecule is O=C(NCc1cccc2ccccc12)NCC(c1ccco1)N1CCOCC1. The van der Waals surface area contributed by atoms with Crippen molar-refractivity contribution < 1.29 is 13.9 Å². The fourth-order valence-corrected chi connectivity index (χ4v) is 3.65. The number of hydrogen-bond donors (Lipinski definition) is 2. The van der Waals surface area contributed by atoms with Crippen molar-refractivity contribution in [2.75, 3.05) is 32.8 Å². The third-order valence-electron chi connectivity index (χ3n) is 5.13. The van der Waals surface area contributed by atoms with Crippen LogP contribution in [0.1, 0.15) is 17.4 Å². The molecule has 6 heteroatoms. The van der Waals surface area contributed by atoms with Gasteiger partial charge in [-0.05, 0) is 28.5 Å². The summed E-state index contributed by atoms with van der Waals surface area (Å²) >= 11 is 0. The standard InChI is InChI=1S/C22H25N3O3/c26-22(23-15-18-7-3-6-17-5-1-2-8-19(17)18)24-16-20(21-9-4-12-28-21)25-10-13-27-14-11-25/h1-9,12,20H,10-11,13-16H2,(H2,23,24,26). The van der Waals surface area contributed by atoms with Crippen LogP contribution in [0.15, 0.2) is 65.3 Å². The van der Waals surface area contributed by atoms with E-state index in [2.05, 4.69) is 33.7 Å². The number of ether oxygens (including phenoxy) is 1. The third-order valence-corrected chi connectivity index (χ3v) is 5.13. The second-order valence-electron chi connectivity index (χ2n) is 6.88. The van der Waals surface area contributed by atoms with Crippen LogP contribution in [0.5, 0.6) is 0 Å². The molecule has 1 aliphatic rings. The van der Waals surface area contributed by atoms with Gasteiger partial charge in [-0.3, -0.25) is 4.90 Å². The Morgan fingerprint density at radius 3 is 2.64 bits per heavy atom. The first-order chi connectivity index (χ1) is 13.8. The molecule has 2 N–H and O–H groups in total. The predicted molar refractivity (Wildman–Crippen MR) is 108 cm³/mol. The topological polar surface area (TPSA) is 66.7 Å². The van der Waals surface area contributed by atoms with Crippen molar-refractivity contribution in [3.63, 3.8) is 0 Å². The number of benzene rings is 2. The van der Waals surface area contributed by atoms with Crippen molar-refractivity contribution >= 4 is 16.8 Å². The van der Waals surface area contributed by atoms with Crippen molar-refractivity contribution in [1.29, 1.82) is 0 Å². The van der Waals surface area contributed by atoms with E-state index >= 15 is 0 Å². The van der Waals surface area contributed by atoms with Gasteiger partial charge < -0.3 is 19.8 Å². The number of rotatable bonds is 6. The fourth-order valence-electron chi connectivity index (χ4n) is 3.65. The molecule has 1 unspecified atom stereocenters. The zero-order valence-electron chi connectivity index (χ0n) is 15.8. The molecule has 0 radical (unpaired) electrons. The smallest absolute Gasteiger partial charge is 0.315 e. The van der Waals surface area contributed by atoms with Gasteiger partial charge in [-0.15, -0.1) is 0 Å². The lowest BCUT2D eigenvalue weighted by atomic mass is 10.0. The summed E-state index contributed by atoms with van der Waals surface area (Å²) < 4.78 is 11.0. The lowest BCUT2D eigenvalue weighted by Gasteiger charge is -2.33. The lowest BCUT2D eigenvalue weighted by molar-refractivity contribution is 0.0123. The molecule has 1 aliphatic heterocycles. The third kappa shape index (κ3) is 4.35. The molecule has 1 fully saturated rings. The quantitative estimate of drug-likeness (QED) is 0.690. The van der Waals surface area contributed by atoms with Crippen LogP contribution in [-0.2, 0) is 11.3 Å². The summed E-state index contributed by atoms with van der Waals surface area (Å²) in [6.07, 6.45) is 1.67. The van der Waals surface area contributed by atoms with E-state index in [0.29, 0.717) is 26.3 Å². The normalized spacial score (nSPS) is 16.0. The Hall–Kier alpha value is -2.83. The summed E-state index contributed by atoms with van der Waals surface area (Å²) in [7, 11) is 0. The Balaban J connectivity index is 1.36. The van der Waals surface area contributed by atoms with Crippen LogP contribution in [0.2, 0.25) is 0 Å². The van der Waals surface area contributed by atoms with E-state index in [9.17, 15) is 4.79 Å². The molecule has 1 atom stereocenters. The van der Waals surface area contributed by atoms with Crippen LogP contribution in [-0.4, -0.2) is 43.8 Å². The minimum atomic E-state index is -0.183. The van der Waals surface area contributed by atoms with Crippen molar-refractivity contribution in [2.24, 2.45) is 0 Å². The maximum Gasteiger partial charge on any atom is 0.315 e. The van der Waals surface area contributed by atoms with Crippen LogP contribution >= 0.6 is 0 Å². The zero-order valence-corrected chi connectivity index (χ0v) is 15.8. The summed E-state index contributed by atoms with van der Waals surface area (Å²) in [5.41, 5.74) is 1.10. The van der Waals surface area contributed by atoms with E-state index in [0.717, 1.165) is 29.8 Å². The van der Waals surface area contributed by atoms with Crippen LogP contribution in [0.3, 0.4) is 0 Å². The van der Waals surface area contributed by atoms with Crippen LogP contribution < -0.4 is 10.6 Å². The first-order valence-corrected chi connectivity index (χ1v) is 9.65. The highest BCUT2D eigenvalue weighted by atomic mass is 16.5. The molecule has 2 heterocycles.